The van der Waals surface area contributed by atoms with Crippen molar-refractivity contribution in [3.63, 3.8) is 0 Å². The Morgan fingerprint density at radius 2 is 0.718 bits per heavy atom. The Morgan fingerprint density at radius 1 is 0.408 bits per heavy atom. The maximum atomic E-state index is 13.5. The largest absolute Gasteiger partial charge is 0.457 e. The number of ether oxygens (including phenoxy) is 2. The summed E-state index contributed by atoms with van der Waals surface area (Å²) in [5, 5.41) is 0. The van der Waals surface area contributed by atoms with Gasteiger partial charge in [0.1, 0.15) is 23.0 Å². The van der Waals surface area contributed by atoms with Crippen molar-refractivity contribution in [1.82, 2.24) is 19.6 Å². The fourth-order valence-electron chi connectivity index (χ4n) is 10.3. The van der Waals surface area contributed by atoms with Crippen molar-refractivity contribution in [3.05, 3.63) is 143 Å². The monoisotopic (exact) mass is 960 g/mol. The van der Waals surface area contributed by atoms with E-state index in [0.29, 0.717) is 72.9 Å². The van der Waals surface area contributed by atoms with Gasteiger partial charge in [0.2, 0.25) is 0 Å². The maximum Gasteiger partial charge on any atom is 0.261 e. The maximum absolute atomic E-state index is 13.5. The second kappa shape index (κ2) is 19.4. The van der Waals surface area contributed by atoms with Crippen molar-refractivity contribution >= 4 is 47.3 Å². The third-order valence-electron chi connectivity index (χ3n) is 14.0. The average Bonchev–Trinajstić information content (AvgIpc) is 3.96. The normalized spacial score (nSPS) is 16.8. The Balaban J connectivity index is 0.823. The van der Waals surface area contributed by atoms with E-state index in [2.05, 4.69) is 13.8 Å². The summed E-state index contributed by atoms with van der Waals surface area (Å²) in [6.07, 6.45) is 7.65. The van der Waals surface area contributed by atoms with Gasteiger partial charge in [0.15, 0.2) is 0 Å². The first-order chi connectivity index (χ1) is 33.5. The SMILES string of the molecule is CC(CCN1C(=O)c2ccc(Oc3ccc(C(C)(C)c4ccc(Oc5ccc6c(c5)C(=O)N(CCC(C)CC(C)(C)CN5C(=O)C=CC5=O)C6=O)cc4)cc3)cc2C1=O)CC(C)(C)CN1C(=O)C=CC1=O. The van der Waals surface area contributed by atoms with Gasteiger partial charge in [-0.05, 0) is 120 Å². The topological polar surface area (TPSA) is 168 Å². The van der Waals surface area contributed by atoms with Crippen molar-refractivity contribution in [2.45, 2.75) is 86.5 Å². The van der Waals surface area contributed by atoms with Gasteiger partial charge in [-0.2, -0.15) is 0 Å². The van der Waals surface area contributed by atoms with E-state index in [1.54, 1.807) is 36.4 Å². The van der Waals surface area contributed by atoms with Gasteiger partial charge < -0.3 is 9.47 Å². The van der Waals surface area contributed by atoms with E-state index in [4.69, 9.17) is 9.47 Å². The highest BCUT2D eigenvalue weighted by Gasteiger charge is 2.39. The number of rotatable bonds is 20. The number of hydrogen-bond acceptors (Lipinski definition) is 10. The van der Waals surface area contributed by atoms with E-state index in [1.165, 1.54) is 43.9 Å². The molecule has 0 saturated carbocycles. The van der Waals surface area contributed by atoms with Crippen LogP contribution >= 0.6 is 0 Å². The first-order valence-electron chi connectivity index (χ1n) is 24.1. The number of fused-ring (bicyclic) bond motifs is 2. The fraction of sp³-hybridized carbons (Fsp3) is 0.368. The third kappa shape index (κ3) is 10.7. The minimum absolute atomic E-state index is 0.112. The summed E-state index contributed by atoms with van der Waals surface area (Å²) < 4.78 is 12.4. The van der Waals surface area contributed by atoms with Gasteiger partial charge in [-0.25, -0.2) is 0 Å². The minimum Gasteiger partial charge on any atom is -0.457 e. The van der Waals surface area contributed by atoms with Crippen molar-refractivity contribution in [3.8, 4) is 23.0 Å². The molecule has 2 unspecified atom stereocenters. The molecule has 0 bridgehead atoms. The van der Waals surface area contributed by atoms with Crippen LogP contribution in [0.15, 0.2) is 109 Å². The number of benzene rings is 4. The summed E-state index contributed by atoms with van der Waals surface area (Å²) in [6, 6.07) is 25.2. The smallest absolute Gasteiger partial charge is 0.261 e. The molecule has 14 nitrogen and oxygen atoms in total. The molecule has 14 heteroatoms. The Kier molecular flexibility index (Phi) is 13.6. The van der Waals surface area contributed by atoms with Crippen LogP contribution in [-0.4, -0.2) is 93.0 Å². The predicted molar refractivity (Wildman–Crippen MR) is 265 cm³/mol. The second-order valence-electron chi connectivity index (χ2n) is 21.5. The van der Waals surface area contributed by atoms with Crippen molar-refractivity contribution < 1.29 is 47.8 Å². The van der Waals surface area contributed by atoms with Gasteiger partial charge in [0, 0.05) is 55.9 Å². The lowest BCUT2D eigenvalue weighted by Gasteiger charge is -2.32. The van der Waals surface area contributed by atoms with Gasteiger partial charge in [0.05, 0.1) is 22.3 Å². The summed E-state index contributed by atoms with van der Waals surface area (Å²) in [7, 11) is 0. The van der Waals surface area contributed by atoms with Crippen LogP contribution in [0.25, 0.3) is 0 Å². The lowest BCUT2D eigenvalue weighted by Crippen LogP contribution is -2.39. The summed E-state index contributed by atoms with van der Waals surface area (Å²) in [5.41, 5.74) is 2.16. The predicted octanol–water partition coefficient (Wildman–Crippen LogP) is 9.52. The van der Waals surface area contributed by atoms with Crippen LogP contribution in [0.1, 0.15) is 134 Å². The standard InChI is InChI=1S/C57H60N4O10/c1-35(31-55(3,4)33-60-47(62)21-22-48(60)63)25-27-58-51(66)43-19-17-41(29-45(43)53(58)68)70-39-13-9-37(10-14-39)57(7,8)38-11-15-40(16-12-38)71-42-18-20-44-46(30-42)54(69)59(52(44)67)28-26-36(2)32-56(5,6)34-61-49(64)23-24-50(61)65/h9-24,29-30,35-36H,25-28,31-34H2,1-8H3. The molecule has 71 heavy (non-hydrogen) atoms. The molecule has 8 rings (SSSR count). The van der Waals surface area contributed by atoms with Gasteiger partial charge in [-0.15, -0.1) is 0 Å². The van der Waals surface area contributed by atoms with Crippen LogP contribution in [0.2, 0.25) is 0 Å². The molecule has 0 aromatic heterocycles. The van der Waals surface area contributed by atoms with Crippen LogP contribution in [0, 0.1) is 22.7 Å². The van der Waals surface area contributed by atoms with Crippen LogP contribution in [-0.2, 0) is 24.6 Å². The highest BCUT2D eigenvalue weighted by atomic mass is 16.5. The van der Waals surface area contributed by atoms with E-state index in [-0.39, 0.29) is 94.1 Å². The first kappa shape index (κ1) is 49.9. The summed E-state index contributed by atoms with van der Waals surface area (Å²) in [5.74, 6) is -0.490. The van der Waals surface area contributed by atoms with E-state index in [0.717, 1.165) is 11.1 Å². The third-order valence-corrected chi connectivity index (χ3v) is 14.0. The molecule has 368 valence electrons. The van der Waals surface area contributed by atoms with Crippen molar-refractivity contribution in [2.75, 3.05) is 26.2 Å². The molecule has 8 amide bonds. The summed E-state index contributed by atoms with van der Waals surface area (Å²) in [6.45, 7) is 17.4. The lowest BCUT2D eigenvalue weighted by molar-refractivity contribution is -0.140. The Morgan fingerprint density at radius 3 is 1.06 bits per heavy atom. The molecule has 4 aliphatic rings. The Bertz CT molecular complexity index is 2680. The second-order valence-corrected chi connectivity index (χ2v) is 21.5. The molecule has 4 aromatic rings. The molecule has 0 radical (unpaired) electrons. The molecular formula is C57H60N4O10. The molecule has 4 heterocycles. The van der Waals surface area contributed by atoms with Crippen LogP contribution in [0.4, 0.5) is 0 Å². The highest BCUT2D eigenvalue weighted by Crippen LogP contribution is 2.38. The molecule has 2 atom stereocenters. The zero-order valence-corrected chi connectivity index (χ0v) is 41.6. The zero-order chi connectivity index (χ0) is 51.2. The van der Waals surface area contributed by atoms with E-state index in [1.807, 2.05) is 90.1 Å². The number of nitrogens with zero attached hydrogens (tertiary/aromatic N) is 4. The fourth-order valence-corrected chi connectivity index (χ4v) is 10.3. The first-order valence-corrected chi connectivity index (χ1v) is 24.1. The summed E-state index contributed by atoms with van der Waals surface area (Å²) >= 11 is 0. The number of hydrogen-bond donors (Lipinski definition) is 0. The minimum atomic E-state index is -0.419. The van der Waals surface area contributed by atoms with Crippen LogP contribution < -0.4 is 9.47 Å². The zero-order valence-electron chi connectivity index (χ0n) is 41.6. The summed E-state index contributed by atoms with van der Waals surface area (Å²) in [4.78, 5) is 107. The highest BCUT2D eigenvalue weighted by molar-refractivity contribution is 6.22. The van der Waals surface area contributed by atoms with Gasteiger partial charge in [0.25, 0.3) is 47.3 Å². The van der Waals surface area contributed by atoms with E-state index in [9.17, 15) is 38.4 Å². The molecule has 0 saturated heterocycles. The van der Waals surface area contributed by atoms with Crippen LogP contribution in [0.5, 0.6) is 23.0 Å². The average molecular weight is 961 g/mol. The van der Waals surface area contributed by atoms with Gasteiger partial charge >= 0.3 is 0 Å². The number of carbonyl (C=O) groups is 8. The van der Waals surface area contributed by atoms with Crippen LogP contribution in [0.3, 0.4) is 0 Å². The number of amides is 8. The Hall–Kier alpha value is -7.48. The van der Waals surface area contributed by atoms with E-state index >= 15 is 0 Å². The molecule has 4 aliphatic heterocycles. The van der Waals surface area contributed by atoms with Gasteiger partial charge in [-0.1, -0.05) is 79.7 Å². The van der Waals surface area contributed by atoms with Gasteiger partial charge in [-0.3, -0.25) is 58.0 Å². The number of imide groups is 4. The van der Waals surface area contributed by atoms with Crippen molar-refractivity contribution in [2.24, 2.45) is 22.7 Å². The van der Waals surface area contributed by atoms with Crippen molar-refractivity contribution in [1.29, 1.82) is 0 Å². The molecule has 0 aliphatic carbocycles. The molecule has 0 fully saturated rings. The van der Waals surface area contributed by atoms with E-state index < -0.39 is 5.41 Å². The molecule has 0 spiro atoms. The Labute approximate surface area is 414 Å². The number of carbonyl (C=O) groups excluding carboxylic acids is 8. The lowest BCUT2D eigenvalue weighted by atomic mass is 9.78. The molecule has 0 N–H and O–H groups in total. The quantitative estimate of drug-likeness (QED) is 0.0778. The molecular weight excluding hydrogens is 901 g/mol. The molecule has 4 aromatic carbocycles.